The third kappa shape index (κ3) is 10.7. The number of methoxy groups -OCH3 is 2. The van der Waals surface area contributed by atoms with Crippen molar-refractivity contribution in [1.82, 2.24) is 25.1 Å². The van der Waals surface area contributed by atoms with Gasteiger partial charge in [0.2, 0.25) is 17.7 Å². The van der Waals surface area contributed by atoms with Crippen molar-refractivity contribution < 1.29 is 43.1 Å². The predicted molar refractivity (Wildman–Crippen MR) is 187 cm³/mol. The first-order chi connectivity index (χ1) is 23.4. The second-order valence-electron chi connectivity index (χ2n) is 14.9. The van der Waals surface area contributed by atoms with E-state index in [4.69, 9.17) is 14.3 Å². The van der Waals surface area contributed by atoms with Crippen LogP contribution in [0, 0.1) is 23.7 Å². The predicted octanol–water partition coefficient (Wildman–Crippen LogP) is 2.63. The molecule has 5 amide bonds. The molecule has 2 fully saturated rings. The molecule has 1 N–H and O–H groups in total. The van der Waals surface area contributed by atoms with Gasteiger partial charge < -0.3 is 29.4 Å². The molecule has 0 saturated carbocycles. The Kier molecular flexibility index (Phi) is 16.8. The van der Waals surface area contributed by atoms with E-state index in [9.17, 15) is 28.8 Å². The lowest BCUT2D eigenvalue weighted by atomic mass is 9.89. The highest BCUT2D eigenvalue weighted by atomic mass is 16.7. The number of nitrogens with zero attached hydrogens (tertiary/aromatic N) is 4. The summed E-state index contributed by atoms with van der Waals surface area (Å²) in [5.41, 5.74) is 0. The highest BCUT2D eigenvalue weighted by Crippen LogP contribution is 2.30. The minimum Gasteiger partial charge on any atom is -0.379 e. The Morgan fingerprint density at radius 3 is 2.02 bits per heavy atom. The summed E-state index contributed by atoms with van der Waals surface area (Å²) >= 11 is 0. The number of carbonyl (C=O) groups excluding carboxylic acids is 6. The van der Waals surface area contributed by atoms with Crippen LogP contribution in [0.15, 0.2) is 0 Å². The molecule has 50 heavy (non-hydrogen) atoms. The van der Waals surface area contributed by atoms with Crippen LogP contribution in [0.5, 0.6) is 0 Å². The van der Waals surface area contributed by atoms with E-state index < -0.39 is 60.1 Å². The molecule has 14 heteroatoms. The Balaban J connectivity index is 2.29. The van der Waals surface area contributed by atoms with E-state index in [1.54, 1.807) is 23.8 Å². The highest BCUT2D eigenvalue weighted by Gasteiger charge is 2.44. The van der Waals surface area contributed by atoms with Gasteiger partial charge in [-0.15, -0.1) is 5.06 Å². The minimum atomic E-state index is -0.884. The van der Waals surface area contributed by atoms with E-state index in [0.717, 1.165) is 0 Å². The second-order valence-corrected chi connectivity index (χ2v) is 14.9. The minimum absolute atomic E-state index is 0.0136. The largest absolute Gasteiger partial charge is 0.379 e. The zero-order valence-electron chi connectivity index (χ0n) is 32.4. The standard InChI is InChI=1S/C36H63N5O9/c1-13-23(6)32(39(10)35(46)25(19-21(2)3)37-34(45)31(22(4)5)38(8)9)27(48-11)20-30(44)40-18-14-15-26(40)33(49-12)24(7)36(47)50-41-28(42)16-17-29(41)43/h21-27,31-33H,13-20H2,1-12H3,(H,37,45)/t23-,24+,25-,26-,27+,31-,32-,33+/m0/s1. The van der Waals surface area contributed by atoms with Crippen molar-refractivity contribution in [1.29, 1.82) is 0 Å². The molecule has 8 atom stereocenters. The number of nitrogens with one attached hydrogen (secondary N) is 1. The highest BCUT2D eigenvalue weighted by molar-refractivity contribution is 6.01. The van der Waals surface area contributed by atoms with Gasteiger partial charge in [-0.25, -0.2) is 4.79 Å². The van der Waals surface area contributed by atoms with Gasteiger partial charge in [-0.1, -0.05) is 48.0 Å². The summed E-state index contributed by atoms with van der Waals surface area (Å²) in [5, 5.41) is 3.55. The third-order valence-electron chi connectivity index (χ3n) is 10.2. The first kappa shape index (κ1) is 43.1. The van der Waals surface area contributed by atoms with E-state index in [0.29, 0.717) is 37.3 Å². The molecule has 14 nitrogen and oxygen atoms in total. The van der Waals surface area contributed by atoms with Crippen molar-refractivity contribution in [2.24, 2.45) is 23.7 Å². The molecule has 0 bridgehead atoms. The fraction of sp³-hybridized carbons (Fsp3) is 0.833. The Hall–Kier alpha value is -3.10. The Labute approximate surface area is 298 Å². The van der Waals surface area contributed by atoms with Crippen LogP contribution in [0.1, 0.15) is 93.4 Å². The van der Waals surface area contributed by atoms with Crippen LogP contribution in [-0.2, 0) is 43.1 Å². The molecule has 2 heterocycles. The van der Waals surface area contributed by atoms with Gasteiger partial charge in [-0.3, -0.25) is 28.9 Å². The first-order valence-corrected chi connectivity index (χ1v) is 18.1. The monoisotopic (exact) mass is 709 g/mol. The van der Waals surface area contributed by atoms with E-state index in [1.807, 2.05) is 60.5 Å². The van der Waals surface area contributed by atoms with Gasteiger partial charge in [0.15, 0.2) is 0 Å². The van der Waals surface area contributed by atoms with Crippen molar-refractivity contribution in [3.05, 3.63) is 0 Å². The number of hydrogen-bond donors (Lipinski definition) is 1. The number of carbonyl (C=O) groups is 6. The van der Waals surface area contributed by atoms with E-state index in [2.05, 4.69) is 5.32 Å². The summed E-state index contributed by atoms with van der Waals surface area (Å²) in [5.74, 6) is -3.36. The number of hydroxylamine groups is 2. The molecule has 0 aromatic rings. The number of amides is 5. The van der Waals surface area contributed by atoms with Crippen LogP contribution >= 0.6 is 0 Å². The van der Waals surface area contributed by atoms with Crippen LogP contribution in [0.2, 0.25) is 0 Å². The number of likely N-dealkylation sites (tertiary alicyclic amines) is 1. The molecule has 0 aromatic carbocycles. The normalized spacial score (nSPS) is 20.9. The molecule has 0 aliphatic carbocycles. The SMILES string of the molecule is CC[C@H](C)[C@@H]([C@@H](CC(=O)N1CCC[C@H]1[C@H](OC)[C@@H](C)C(=O)ON1C(=O)CCC1=O)OC)N(C)C(=O)[C@H](CC(C)C)NC(=O)[C@H](C(C)C)N(C)C. The zero-order chi connectivity index (χ0) is 38.0. The van der Waals surface area contributed by atoms with Gasteiger partial charge in [0.25, 0.3) is 11.8 Å². The molecule has 0 unspecified atom stereocenters. The molecule has 286 valence electrons. The van der Waals surface area contributed by atoms with Gasteiger partial charge in [-0.05, 0) is 58.0 Å². The van der Waals surface area contributed by atoms with Crippen LogP contribution in [-0.4, -0.2) is 134 Å². The maximum Gasteiger partial charge on any atom is 0.338 e. The van der Waals surface area contributed by atoms with Crippen LogP contribution in [0.25, 0.3) is 0 Å². The average molecular weight is 710 g/mol. The topological polar surface area (TPSA) is 155 Å². The van der Waals surface area contributed by atoms with Gasteiger partial charge >= 0.3 is 5.97 Å². The second kappa shape index (κ2) is 19.5. The maximum atomic E-state index is 14.2. The van der Waals surface area contributed by atoms with Crippen molar-refractivity contribution in [2.75, 3.05) is 41.9 Å². The Morgan fingerprint density at radius 1 is 0.940 bits per heavy atom. The van der Waals surface area contributed by atoms with Gasteiger partial charge in [0.1, 0.15) is 6.04 Å². The van der Waals surface area contributed by atoms with Crippen LogP contribution in [0.3, 0.4) is 0 Å². The summed E-state index contributed by atoms with van der Waals surface area (Å²) in [6.07, 6.45) is 0.961. The van der Waals surface area contributed by atoms with Crippen molar-refractivity contribution in [3.8, 4) is 0 Å². The fourth-order valence-electron chi connectivity index (χ4n) is 7.45. The molecule has 2 saturated heterocycles. The van der Waals surface area contributed by atoms with E-state index >= 15 is 0 Å². The van der Waals surface area contributed by atoms with Crippen molar-refractivity contribution in [3.63, 3.8) is 0 Å². The number of ether oxygens (including phenoxy) is 2. The van der Waals surface area contributed by atoms with E-state index in [-0.39, 0.29) is 54.7 Å². The molecule has 0 aromatic heterocycles. The molecule has 2 rings (SSSR count). The number of hydrogen-bond acceptors (Lipinski definition) is 10. The number of imide groups is 1. The van der Waals surface area contributed by atoms with Crippen molar-refractivity contribution >= 4 is 35.5 Å². The molecule has 0 radical (unpaired) electrons. The summed E-state index contributed by atoms with van der Waals surface area (Å²) in [6.45, 7) is 14.0. The summed E-state index contributed by atoms with van der Waals surface area (Å²) in [7, 11) is 8.39. The quantitative estimate of drug-likeness (QED) is 0.198. The van der Waals surface area contributed by atoms with Crippen LogP contribution < -0.4 is 5.32 Å². The molecular formula is C36H63N5O9. The molecular weight excluding hydrogens is 646 g/mol. The summed E-state index contributed by atoms with van der Waals surface area (Å²) in [6, 6.07) is -2.11. The number of likely N-dealkylation sites (N-methyl/N-ethyl adjacent to an activating group) is 2. The number of rotatable bonds is 19. The first-order valence-electron chi connectivity index (χ1n) is 18.1. The van der Waals surface area contributed by atoms with Gasteiger partial charge in [0.05, 0.1) is 42.7 Å². The van der Waals surface area contributed by atoms with Crippen LogP contribution in [0.4, 0.5) is 0 Å². The Bertz CT molecular complexity index is 1170. The fourth-order valence-corrected chi connectivity index (χ4v) is 7.45. The molecule has 2 aliphatic rings. The zero-order valence-corrected chi connectivity index (χ0v) is 32.4. The van der Waals surface area contributed by atoms with E-state index in [1.165, 1.54) is 14.2 Å². The maximum absolute atomic E-state index is 14.2. The molecule has 0 spiro atoms. The summed E-state index contributed by atoms with van der Waals surface area (Å²) in [4.78, 5) is 89.1. The average Bonchev–Trinajstić information content (AvgIpc) is 3.65. The third-order valence-corrected chi connectivity index (χ3v) is 10.2. The molecule has 2 aliphatic heterocycles. The van der Waals surface area contributed by atoms with Gasteiger partial charge in [0, 0.05) is 40.7 Å². The van der Waals surface area contributed by atoms with Gasteiger partial charge in [-0.2, -0.15) is 0 Å². The lowest BCUT2D eigenvalue weighted by Crippen LogP contribution is -2.58. The van der Waals surface area contributed by atoms with Crippen molar-refractivity contribution in [2.45, 2.75) is 130 Å². The smallest absolute Gasteiger partial charge is 0.338 e. The lowest BCUT2D eigenvalue weighted by molar-refractivity contribution is -0.203. The lowest BCUT2D eigenvalue weighted by Gasteiger charge is -2.40. The summed E-state index contributed by atoms with van der Waals surface area (Å²) < 4.78 is 11.7. The Morgan fingerprint density at radius 2 is 1.54 bits per heavy atom.